The van der Waals surface area contributed by atoms with Gasteiger partial charge in [-0.05, 0) is 42.2 Å². The van der Waals surface area contributed by atoms with Crippen LogP contribution >= 0.6 is 11.6 Å². The van der Waals surface area contributed by atoms with Crippen LogP contribution in [-0.4, -0.2) is 16.6 Å². The molecule has 1 aliphatic rings. The Balaban J connectivity index is 1.93. The van der Waals surface area contributed by atoms with E-state index >= 15 is 0 Å². The van der Waals surface area contributed by atoms with E-state index in [9.17, 15) is 9.90 Å². The van der Waals surface area contributed by atoms with Gasteiger partial charge in [-0.25, -0.2) is 4.79 Å². The van der Waals surface area contributed by atoms with Crippen molar-refractivity contribution in [2.75, 3.05) is 5.32 Å². The fourth-order valence-electron chi connectivity index (χ4n) is 2.92. The molecule has 2 aromatic rings. The summed E-state index contributed by atoms with van der Waals surface area (Å²) in [5, 5.41) is 13.5. The molecule has 4 heteroatoms. The zero-order valence-corrected chi connectivity index (χ0v) is 12.2. The van der Waals surface area contributed by atoms with Crippen molar-refractivity contribution in [2.45, 2.75) is 24.8 Å². The number of fused-ring (bicyclic) bond motifs is 1. The molecule has 0 aromatic heterocycles. The topological polar surface area (TPSA) is 49.3 Å². The van der Waals surface area contributed by atoms with Gasteiger partial charge in [0, 0.05) is 17.1 Å². The van der Waals surface area contributed by atoms with Crippen LogP contribution in [0.3, 0.4) is 0 Å². The third-order valence-electron chi connectivity index (χ3n) is 4.05. The molecule has 2 aromatic carbocycles. The minimum absolute atomic E-state index is 0.477. The van der Waals surface area contributed by atoms with Gasteiger partial charge >= 0.3 is 5.97 Å². The van der Waals surface area contributed by atoms with Gasteiger partial charge in [0.25, 0.3) is 0 Å². The van der Waals surface area contributed by atoms with Crippen LogP contribution in [0.15, 0.2) is 48.5 Å². The summed E-state index contributed by atoms with van der Waals surface area (Å²) in [6.07, 6.45) is 1.80. The van der Waals surface area contributed by atoms with Crippen molar-refractivity contribution < 1.29 is 9.90 Å². The van der Waals surface area contributed by atoms with Gasteiger partial charge in [0.1, 0.15) is 5.54 Å². The first kappa shape index (κ1) is 14.0. The van der Waals surface area contributed by atoms with Crippen LogP contribution in [0.1, 0.15) is 17.5 Å². The van der Waals surface area contributed by atoms with Crippen LogP contribution in [0, 0.1) is 0 Å². The molecule has 0 aliphatic heterocycles. The standard InChI is InChI=1S/C17H16ClNO2/c18-14-6-3-7-15(10-14)19-17(16(20)21)9-8-12-4-1-2-5-13(12)11-17/h1-7,10,19H,8-9,11H2,(H,20,21). The summed E-state index contributed by atoms with van der Waals surface area (Å²) in [6.45, 7) is 0. The second kappa shape index (κ2) is 5.41. The average Bonchev–Trinajstić information content (AvgIpc) is 2.47. The molecule has 3 nitrogen and oxygen atoms in total. The van der Waals surface area contributed by atoms with E-state index in [4.69, 9.17) is 11.6 Å². The van der Waals surface area contributed by atoms with Crippen molar-refractivity contribution in [2.24, 2.45) is 0 Å². The van der Waals surface area contributed by atoms with Gasteiger partial charge in [-0.15, -0.1) is 0 Å². The van der Waals surface area contributed by atoms with Crippen LogP contribution in [0.4, 0.5) is 5.69 Å². The van der Waals surface area contributed by atoms with Gasteiger partial charge in [-0.3, -0.25) is 0 Å². The molecule has 0 amide bonds. The van der Waals surface area contributed by atoms with Gasteiger partial charge in [0.2, 0.25) is 0 Å². The summed E-state index contributed by atoms with van der Waals surface area (Å²) in [4.78, 5) is 11.9. The second-order valence-corrected chi connectivity index (χ2v) is 5.90. The number of hydrogen-bond acceptors (Lipinski definition) is 2. The van der Waals surface area contributed by atoms with Crippen LogP contribution in [-0.2, 0) is 17.6 Å². The molecule has 3 rings (SSSR count). The Labute approximate surface area is 128 Å². The number of anilines is 1. The van der Waals surface area contributed by atoms with E-state index in [-0.39, 0.29) is 0 Å². The molecular formula is C17H16ClNO2. The summed E-state index contributed by atoms with van der Waals surface area (Å²) in [5.74, 6) is -0.822. The Morgan fingerprint density at radius 2 is 1.90 bits per heavy atom. The first-order valence-electron chi connectivity index (χ1n) is 6.93. The van der Waals surface area contributed by atoms with E-state index in [0.29, 0.717) is 17.9 Å². The lowest BCUT2D eigenvalue weighted by Crippen LogP contribution is -2.50. The minimum atomic E-state index is -0.973. The van der Waals surface area contributed by atoms with Gasteiger partial charge in [-0.1, -0.05) is 41.9 Å². The number of rotatable bonds is 3. The van der Waals surface area contributed by atoms with Gasteiger partial charge in [-0.2, -0.15) is 0 Å². The molecular weight excluding hydrogens is 286 g/mol. The molecule has 0 radical (unpaired) electrons. The molecule has 0 spiro atoms. The minimum Gasteiger partial charge on any atom is -0.479 e. The van der Waals surface area contributed by atoms with Crippen molar-refractivity contribution in [3.63, 3.8) is 0 Å². The molecule has 0 heterocycles. The molecule has 0 saturated carbocycles. The summed E-state index contributed by atoms with van der Waals surface area (Å²) >= 11 is 5.98. The number of carbonyl (C=O) groups is 1. The van der Waals surface area contributed by atoms with E-state index in [1.807, 2.05) is 30.3 Å². The molecule has 2 N–H and O–H groups in total. The second-order valence-electron chi connectivity index (χ2n) is 5.47. The van der Waals surface area contributed by atoms with Gasteiger partial charge < -0.3 is 10.4 Å². The Morgan fingerprint density at radius 3 is 2.62 bits per heavy atom. The SMILES string of the molecule is O=C(O)C1(Nc2cccc(Cl)c2)CCc2ccccc2C1. The van der Waals surface area contributed by atoms with Crippen molar-refractivity contribution >= 4 is 23.3 Å². The zero-order chi connectivity index (χ0) is 14.9. The van der Waals surface area contributed by atoms with E-state index < -0.39 is 11.5 Å². The molecule has 0 bridgehead atoms. The normalized spacial score (nSPS) is 20.6. The summed E-state index contributed by atoms with van der Waals surface area (Å²) in [5.41, 5.74) is 2.10. The predicted octanol–water partition coefficient (Wildman–Crippen LogP) is 3.76. The molecule has 21 heavy (non-hydrogen) atoms. The highest BCUT2D eigenvalue weighted by molar-refractivity contribution is 6.30. The third-order valence-corrected chi connectivity index (χ3v) is 4.28. The van der Waals surface area contributed by atoms with Gasteiger partial charge in [0.05, 0.1) is 0 Å². The summed E-state index contributed by atoms with van der Waals surface area (Å²) in [6, 6.07) is 15.2. The number of aliphatic carboxylic acids is 1. The number of carboxylic acid groups (broad SMARTS) is 1. The third kappa shape index (κ3) is 2.74. The highest BCUT2D eigenvalue weighted by atomic mass is 35.5. The largest absolute Gasteiger partial charge is 0.479 e. The molecule has 1 unspecified atom stereocenters. The Bertz CT molecular complexity index is 686. The summed E-state index contributed by atoms with van der Waals surface area (Å²) in [7, 11) is 0. The number of carboxylic acids is 1. The fourth-order valence-corrected chi connectivity index (χ4v) is 3.11. The maximum atomic E-state index is 11.9. The molecule has 0 fully saturated rings. The van der Waals surface area contributed by atoms with Crippen LogP contribution in [0.25, 0.3) is 0 Å². The van der Waals surface area contributed by atoms with E-state index in [0.717, 1.165) is 17.7 Å². The molecule has 108 valence electrons. The van der Waals surface area contributed by atoms with Gasteiger partial charge in [0.15, 0.2) is 0 Å². The van der Waals surface area contributed by atoms with E-state index in [2.05, 4.69) is 11.4 Å². The monoisotopic (exact) mass is 301 g/mol. The predicted molar refractivity (Wildman–Crippen MR) is 83.9 cm³/mol. The molecule has 1 aliphatic carbocycles. The smallest absolute Gasteiger partial charge is 0.329 e. The van der Waals surface area contributed by atoms with Crippen molar-refractivity contribution in [1.29, 1.82) is 0 Å². The molecule has 1 atom stereocenters. The number of halogens is 1. The van der Waals surface area contributed by atoms with E-state index in [1.165, 1.54) is 5.56 Å². The number of nitrogens with one attached hydrogen (secondary N) is 1. The van der Waals surface area contributed by atoms with E-state index in [1.54, 1.807) is 12.1 Å². The highest BCUT2D eigenvalue weighted by Gasteiger charge is 2.41. The Kier molecular flexibility index (Phi) is 3.60. The quantitative estimate of drug-likeness (QED) is 0.907. The molecule has 0 saturated heterocycles. The fraction of sp³-hybridized carbons (Fsp3) is 0.235. The van der Waals surface area contributed by atoms with Crippen molar-refractivity contribution in [3.05, 3.63) is 64.7 Å². The van der Waals surface area contributed by atoms with Crippen LogP contribution in [0.5, 0.6) is 0 Å². The van der Waals surface area contributed by atoms with Crippen molar-refractivity contribution in [1.82, 2.24) is 0 Å². The number of hydrogen-bond donors (Lipinski definition) is 2. The van der Waals surface area contributed by atoms with Crippen molar-refractivity contribution in [3.8, 4) is 0 Å². The Morgan fingerprint density at radius 1 is 1.14 bits per heavy atom. The number of benzene rings is 2. The first-order valence-corrected chi connectivity index (χ1v) is 7.31. The number of aryl methyl sites for hydroxylation is 1. The zero-order valence-electron chi connectivity index (χ0n) is 11.5. The maximum Gasteiger partial charge on any atom is 0.329 e. The Hall–Kier alpha value is -2.00. The summed E-state index contributed by atoms with van der Waals surface area (Å²) < 4.78 is 0. The lowest BCUT2D eigenvalue weighted by Gasteiger charge is -2.36. The van der Waals surface area contributed by atoms with Crippen LogP contribution in [0.2, 0.25) is 5.02 Å². The lowest BCUT2D eigenvalue weighted by molar-refractivity contribution is -0.142. The van der Waals surface area contributed by atoms with Crippen LogP contribution < -0.4 is 5.32 Å². The average molecular weight is 302 g/mol. The first-order chi connectivity index (χ1) is 10.1. The lowest BCUT2D eigenvalue weighted by atomic mass is 9.77. The maximum absolute atomic E-state index is 11.9. The highest BCUT2D eigenvalue weighted by Crippen LogP contribution is 2.32.